The van der Waals surface area contributed by atoms with Gasteiger partial charge in [-0.05, 0) is 43.9 Å². The fourth-order valence-electron chi connectivity index (χ4n) is 2.96. The third-order valence-corrected chi connectivity index (χ3v) is 4.27. The molecule has 0 aromatic carbocycles. The molecule has 4 unspecified atom stereocenters. The van der Waals surface area contributed by atoms with Crippen molar-refractivity contribution in [2.75, 3.05) is 0 Å². The van der Waals surface area contributed by atoms with Gasteiger partial charge in [-0.3, -0.25) is 4.79 Å². The van der Waals surface area contributed by atoms with Crippen LogP contribution < -0.4 is 0 Å². The van der Waals surface area contributed by atoms with E-state index in [1.54, 1.807) is 0 Å². The summed E-state index contributed by atoms with van der Waals surface area (Å²) in [5.74, 6) is -0.119. The van der Waals surface area contributed by atoms with Gasteiger partial charge >= 0.3 is 5.97 Å². The Hall–Kier alpha value is -0.870. The first kappa shape index (κ1) is 17.2. The molecular weight excluding hydrogens is 256 g/mol. The number of carbonyl (C=O) groups is 1. The second-order valence-electron chi connectivity index (χ2n) is 5.83. The topological polar surface area (TPSA) is 77.8 Å². The van der Waals surface area contributed by atoms with E-state index < -0.39 is 5.97 Å². The number of aliphatic hydroxyl groups is 2. The van der Waals surface area contributed by atoms with Crippen molar-refractivity contribution in [3.8, 4) is 0 Å². The molecule has 0 radical (unpaired) electrons. The molecule has 0 heterocycles. The molecule has 1 aliphatic carbocycles. The fraction of sp³-hybridized carbons (Fsp3) is 0.812. The van der Waals surface area contributed by atoms with Gasteiger partial charge in [-0.2, -0.15) is 0 Å². The molecule has 1 aliphatic rings. The quantitative estimate of drug-likeness (QED) is 0.449. The summed E-state index contributed by atoms with van der Waals surface area (Å²) in [6.07, 6.45) is 9.57. The van der Waals surface area contributed by atoms with Gasteiger partial charge in [0.15, 0.2) is 0 Å². The lowest BCUT2D eigenvalue weighted by Gasteiger charge is -2.20. The SMILES string of the molecule is CCC(O)C=CC1CCC(O)C1CCCCCC(=O)O. The van der Waals surface area contributed by atoms with Crippen molar-refractivity contribution >= 4 is 5.97 Å². The van der Waals surface area contributed by atoms with Crippen molar-refractivity contribution in [1.29, 1.82) is 0 Å². The molecule has 0 saturated heterocycles. The first-order chi connectivity index (χ1) is 9.54. The lowest BCUT2D eigenvalue weighted by molar-refractivity contribution is -0.137. The van der Waals surface area contributed by atoms with E-state index >= 15 is 0 Å². The van der Waals surface area contributed by atoms with Gasteiger partial charge in [0.1, 0.15) is 0 Å². The molecule has 1 fully saturated rings. The zero-order valence-electron chi connectivity index (χ0n) is 12.4. The van der Waals surface area contributed by atoms with Crippen molar-refractivity contribution < 1.29 is 20.1 Å². The summed E-state index contributed by atoms with van der Waals surface area (Å²) in [4.78, 5) is 10.4. The minimum Gasteiger partial charge on any atom is -0.481 e. The molecule has 4 atom stereocenters. The lowest BCUT2D eigenvalue weighted by atomic mass is 9.88. The number of unbranched alkanes of at least 4 members (excludes halogenated alkanes) is 2. The van der Waals surface area contributed by atoms with Crippen LogP contribution >= 0.6 is 0 Å². The van der Waals surface area contributed by atoms with E-state index in [9.17, 15) is 15.0 Å². The van der Waals surface area contributed by atoms with Crippen molar-refractivity contribution in [1.82, 2.24) is 0 Å². The van der Waals surface area contributed by atoms with Crippen molar-refractivity contribution in [2.45, 2.75) is 70.5 Å². The summed E-state index contributed by atoms with van der Waals surface area (Å²) in [6, 6.07) is 0. The molecule has 1 saturated carbocycles. The molecule has 20 heavy (non-hydrogen) atoms. The van der Waals surface area contributed by atoms with Crippen LogP contribution in [0.2, 0.25) is 0 Å². The molecule has 4 heteroatoms. The molecule has 0 amide bonds. The lowest BCUT2D eigenvalue weighted by Crippen LogP contribution is -2.18. The number of rotatable bonds is 9. The largest absolute Gasteiger partial charge is 0.481 e. The number of carboxylic acid groups (broad SMARTS) is 1. The van der Waals surface area contributed by atoms with Crippen LogP contribution in [0.25, 0.3) is 0 Å². The van der Waals surface area contributed by atoms with Crippen LogP contribution in [0.1, 0.15) is 58.3 Å². The van der Waals surface area contributed by atoms with E-state index in [-0.39, 0.29) is 24.5 Å². The highest BCUT2D eigenvalue weighted by molar-refractivity contribution is 5.66. The molecule has 0 aromatic heterocycles. The Morgan fingerprint density at radius 3 is 2.70 bits per heavy atom. The number of allylic oxidation sites excluding steroid dienone is 1. The van der Waals surface area contributed by atoms with Crippen LogP contribution in [-0.2, 0) is 4.79 Å². The number of aliphatic hydroxyl groups excluding tert-OH is 2. The van der Waals surface area contributed by atoms with E-state index in [1.807, 2.05) is 13.0 Å². The third kappa shape index (κ3) is 6.06. The summed E-state index contributed by atoms with van der Waals surface area (Å²) < 4.78 is 0. The van der Waals surface area contributed by atoms with Crippen LogP contribution in [0.4, 0.5) is 0 Å². The maximum absolute atomic E-state index is 10.4. The van der Waals surface area contributed by atoms with E-state index in [2.05, 4.69) is 6.08 Å². The number of hydrogen-bond acceptors (Lipinski definition) is 3. The minimum atomic E-state index is -0.736. The molecule has 0 spiro atoms. The Bertz CT molecular complexity index is 314. The van der Waals surface area contributed by atoms with E-state index in [1.165, 1.54) is 0 Å². The summed E-state index contributed by atoms with van der Waals surface area (Å²) in [5, 5.41) is 28.2. The average molecular weight is 284 g/mol. The van der Waals surface area contributed by atoms with Gasteiger partial charge in [-0.25, -0.2) is 0 Å². The Labute approximate surface area is 121 Å². The van der Waals surface area contributed by atoms with Crippen LogP contribution in [0.15, 0.2) is 12.2 Å². The van der Waals surface area contributed by atoms with Crippen LogP contribution in [-0.4, -0.2) is 33.5 Å². The highest BCUT2D eigenvalue weighted by Crippen LogP contribution is 2.36. The summed E-state index contributed by atoms with van der Waals surface area (Å²) in [5.41, 5.74) is 0. The number of aliphatic carboxylic acids is 1. The molecule has 4 nitrogen and oxygen atoms in total. The van der Waals surface area contributed by atoms with Gasteiger partial charge in [0, 0.05) is 6.42 Å². The standard InChI is InChI=1S/C16H28O4/c1-2-13(17)10-8-12-9-11-15(18)14(12)6-4-3-5-7-16(19)20/h8,10,12-15,17-18H,2-7,9,11H2,1H3,(H,19,20). The van der Waals surface area contributed by atoms with Gasteiger partial charge in [-0.15, -0.1) is 0 Å². The van der Waals surface area contributed by atoms with Gasteiger partial charge in [-0.1, -0.05) is 31.9 Å². The van der Waals surface area contributed by atoms with Gasteiger partial charge < -0.3 is 15.3 Å². The second-order valence-corrected chi connectivity index (χ2v) is 5.83. The zero-order valence-corrected chi connectivity index (χ0v) is 12.4. The van der Waals surface area contributed by atoms with E-state index in [4.69, 9.17) is 5.11 Å². The van der Waals surface area contributed by atoms with Crippen LogP contribution in [0, 0.1) is 11.8 Å². The van der Waals surface area contributed by atoms with E-state index in [0.717, 1.165) is 32.1 Å². The monoisotopic (exact) mass is 284 g/mol. The molecule has 3 N–H and O–H groups in total. The molecule has 1 rings (SSSR count). The fourth-order valence-corrected chi connectivity index (χ4v) is 2.96. The van der Waals surface area contributed by atoms with Crippen molar-refractivity contribution in [2.24, 2.45) is 11.8 Å². The molecule has 116 valence electrons. The van der Waals surface area contributed by atoms with Crippen LogP contribution in [0.5, 0.6) is 0 Å². The van der Waals surface area contributed by atoms with Crippen LogP contribution in [0.3, 0.4) is 0 Å². The molecule has 0 aromatic rings. The Morgan fingerprint density at radius 1 is 1.30 bits per heavy atom. The first-order valence-corrected chi connectivity index (χ1v) is 7.80. The summed E-state index contributed by atoms with van der Waals surface area (Å²) in [7, 11) is 0. The summed E-state index contributed by atoms with van der Waals surface area (Å²) in [6.45, 7) is 1.94. The summed E-state index contributed by atoms with van der Waals surface area (Å²) >= 11 is 0. The van der Waals surface area contributed by atoms with Crippen molar-refractivity contribution in [3.63, 3.8) is 0 Å². The molecule has 0 bridgehead atoms. The Kier molecular flexibility index (Phi) is 7.85. The number of hydrogen-bond donors (Lipinski definition) is 3. The Morgan fingerprint density at radius 2 is 2.05 bits per heavy atom. The number of carboxylic acids is 1. The highest BCUT2D eigenvalue weighted by Gasteiger charge is 2.32. The predicted octanol–water partition coefficient (Wildman–Crippen LogP) is 2.74. The highest BCUT2D eigenvalue weighted by atomic mass is 16.4. The normalized spacial score (nSPS) is 28.1. The van der Waals surface area contributed by atoms with E-state index in [0.29, 0.717) is 18.8 Å². The maximum atomic E-state index is 10.4. The van der Waals surface area contributed by atoms with Gasteiger partial charge in [0.2, 0.25) is 0 Å². The Balaban J connectivity index is 2.32. The third-order valence-electron chi connectivity index (χ3n) is 4.27. The average Bonchev–Trinajstić information content (AvgIpc) is 2.76. The van der Waals surface area contributed by atoms with Gasteiger partial charge in [0.25, 0.3) is 0 Å². The smallest absolute Gasteiger partial charge is 0.303 e. The predicted molar refractivity (Wildman–Crippen MR) is 78.4 cm³/mol. The molecular formula is C16H28O4. The maximum Gasteiger partial charge on any atom is 0.303 e. The second kappa shape index (κ2) is 9.14. The minimum absolute atomic E-state index is 0.235. The van der Waals surface area contributed by atoms with Gasteiger partial charge in [0.05, 0.1) is 12.2 Å². The van der Waals surface area contributed by atoms with Crippen molar-refractivity contribution in [3.05, 3.63) is 12.2 Å². The first-order valence-electron chi connectivity index (χ1n) is 7.80. The zero-order chi connectivity index (χ0) is 15.0. The molecule has 0 aliphatic heterocycles.